The van der Waals surface area contributed by atoms with E-state index in [9.17, 15) is 5.11 Å². The number of hydrogen-bond acceptors (Lipinski definition) is 1. The molecule has 2 unspecified atom stereocenters. The van der Waals surface area contributed by atoms with E-state index >= 15 is 0 Å². The molecule has 1 aromatic carbocycles. The van der Waals surface area contributed by atoms with Gasteiger partial charge in [-0.3, -0.25) is 0 Å². The molecule has 90 valence electrons. The maximum absolute atomic E-state index is 10.3. The van der Waals surface area contributed by atoms with Crippen molar-refractivity contribution in [2.24, 2.45) is 0 Å². The average molecular weight is 350 g/mol. The van der Waals surface area contributed by atoms with Gasteiger partial charge in [-0.15, -0.1) is 0 Å². The molecule has 0 spiro atoms. The van der Waals surface area contributed by atoms with Gasteiger partial charge in [-0.25, -0.2) is 0 Å². The summed E-state index contributed by atoms with van der Waals surface area (Å²) in [5.41, 5.74) is 3.18. The molecule has 0 aliphatic rings. The highest BCUT2D eigenvalue weighted by molar-refractivity contribution is 9.09. The van der Waals surface area contributed by atoms with Crippen LogP contribution in [0.2, 0.25) is 0 Å². The molecule has 0 amide bonds. The van der Waals surface area contributed by atoms with Crippen molar-refractivity contribution in [3.05, 3.63) is 28.8 Å². The lowest BCUT2D eigenvalue weighted by molar-refractivity contribution is 0.459. The fraction of sp³-hybridized carbons (Fsp3) is 0.538. The second-order valence-corrected chi connectivity index (χ2v) is 6.25. The van der Waals surface area contributed by atoms with Crippen LogP contribution >= 0.6 is 31.9 Å². The summed E-state index contributed by atoms with van der Waals surface area (Å²) in [6, 6.07) is 4.11. The van der Waals surface area contributed by atoms with Crippen molar-refractivity contribution in [3.8, 4) is 5.75 Å². The van der Waals surface area contributed by atoms with Crippen molar-refractivity contribution in [3.63, 3.8) is 0 Å². The number of phenols is 1. The second-order valence-electron chi connectivity index (χ2n) is 4.04. The van der Waals surface area contributed by atoms with Gasteiger partial charge in [0.2, 0.25) is 0 Å². The highest BCUT2D eigenvalue weighted by atomic mass is 79.9. The fourth-order valence-corrected chi connectivity index (χ4v) is 2.45. The van der Waals surface area contributed by atoms with Crippen molar-refractivity contribution < 1.29 is 5.11 Å². The molecule has 2 atom stereocenters. The maximum atomic E-state index is 10.3. The van der Waals surface area contributed by atoms with Gasteiger partial charge < -0.3 is 5.11 Å². The van der Waals surface area contributed by atoms with Crippen LogP contribution in [0.15, 0.2) is 12.1 Å². The first-order valence-electron chi connectivity index (χ1n) is 5.62. The van der Waals surface area contributed by atoms with Crippen molar-refractivity contribution in [2.75, 3.05) is 0 Å². The Labute approximate surface area is 115 Å². The highest BCUT2D eigenvalue weighted by Crippen LogP contribution is 2.41. The SMILES string of the molecule is CCC(Br)c1cc(C)cc(C(Br)CC)c1O. The predicted octanol–water partition coefficient (Wildman–Crippen LogP) is 5.39. The molecule has 0 saturated carbocycles. The highest BCUT2D eigenvalue weighted by Gasteiger charge is 2.18. The van der Waals surface area contributed by atoms with Gasteiger partial charge in [-0.2, -0.15) is 0 Å². The van der Waals surface area contributed by atoms with E-state index in [4.69, 9.17) is 0 Å². The Morgan fingerprint density at radius 2 is 1.44 bits per heavy atom. The normalized spacial score (nSPS) is 14.8. The van der Waals surface area contributed by atoms with E-state index in [1.165, 1.54) is 5.56 Å². The average Bonchev–Trinajstić information content (AvgIpc) is 2.29. The van der Waals surface area contributed by atoms with Crippen LogP contribution in [0.5, 0.6) is 5.75 Å². The Morgan fingerprint density at radius 3 is 1.75 bits per heavy atom. The first-order chi connectivity index (χ1) is 7.51. The molecular weight excluding hydrogens is 332 g/mol. The standard InChI is InChI=1S/C13H18Br2O/c1-4-11(14)9-6-8(3)7-10(13(9)16)12(15)5-2/h6-7,11-12,16H,4-5H2,1-3H3. The van der Waals surface area contributed by atoms with Gasteiger partial charge in [0.15, 0.2) is 0 Å². The number of hydrogen-bond donors (Lipinski definition) is 1. The topological polar surface area (TPSA) is 20.2 Å². The molecule has 16 heavy (non-hydrogen) atoms. The Balaban J connectivity index is 3.25. The van der Waals surface area contributed by atoms with Gasteiger partial charge in [0, 0.05) is 20.8 Å². The summed E-state index contributed by atoms with van der Waals surface area (Å²) in [6.07, 6.45) is 1.94. The van der Waals surface area contributed by atoms with Crippen molar-refractivity contribution >= 4 is 31.9 Å². The zero-order valence-corrected chi connectivity index (χ0v) is 13.1. The lowest BCUT2D eigenvalue weighted by atomic mass is 9.99. The minimum atomic E-state index is 0.225. The van der Waals surface area contributed by atoms with E-state index in [0.29, 0.717) is 5.75 Å². The summed E-state index contributed by atoms with van der Waals surface area (Å²) in [5.74, 6) is 0.429. The van der Waals surface area contributed by atoms with Crippen LogP contribution in [-0.4, -0.2) is 5.11 Å². The van der Waals surface area contributed by atoms with Gasteiger partial charge in [0.1, 0.15) is 5.75 Å². The molecule has 1 aromatic rings. The third-order valence-corrected chi connectivity index (χ3v) is 4.99. The molecule has 3 heteroatoms. The van der Waals surface area contributed by atoms with E-state index in [-0.39, 0.29) is 9.65 Å². The van der Waals surface area contributed by atoms with Crippen LogP contribution in [-0.2, 0) is 0 Å². The van der Waals surface area contributed by atoms with Crippen LogP contribution < -0.4 is 0 Å². The Morgan fingerprint density at radius 1 is 1.06 bits per heavy atom. The summed E-state index contributed by atoms with van der Waals surface area (Å²) in [6.45, 7) is 6.27. The van der Waals surface area contributed by atoms with Crippen LogP contribution in [0.1, 0.15) is 53.0 Å². The van der Waals surface area contributed by atoms with Gasteiger partial charge >= 0.3 is 0 Å². The van der Waals surface area contributed by atoms with E-state index in [0.717, 1.165) is 24.0 Å². The molecule has 0 heterocycles. The van der Waals surface area contributed by atoms with E-state index in [1.54, 1.807) is 0 Å². The van der Waals surface area contributed by atoms with Gasteiger partial charge in [0.25, 0.3) is 0 Å². The number of benzene rings is 1. The largest absolute Gasteiger partial charge is 0.507 e. The summed E-state index contributed by atoms with van der Waals surface area (Å²) < 4.78 is 0. The molecule has 0 bridgehead atoms. The van der Waals surface area contributed by atoms with Crippen molar-refractivity contribution in [2.45, 2.75) is 43.3 Å². The van der Waals surface area contributed by atoms with Gasteiger partial charge in [0.05, 0.1) is 0 Å². The third-order valence-electron chi connectivity index (χ3n) is 2.70. The summed E-state index contributed by atoms with van der Waals surface area (Å²) in [4.78, 5) is 0.449. The lowest BCUT2D eigenvalue weighted by Gasteiger charge is -2.17. The molecule has 0 saturated heterocycles. The summed E-state index contributed by atoms with van der Waals surface area (Å²) in [7, 11) is 0. The zero-order chi connectivity index (χ0) is 12.3. The van der Waals surface area contributed by atoms with Gasteiger partial charge in [-0.05, 0) is 19.8 Å². The Kier molecular flexibility index (Phi) is 5.32. The Bertz CT molecular complexity index is 332. The van der Waals surface area contributed by atoms with Crippen LogP contribution in [0, 0.1) is 6.92 Å². The predicted molar refractivity (Wildman–Crippen MR) is 76.8 cm³/mol. The van der Waals surface area contributed by atoms with E-state index in [2.05, 4.69) is 64.8 Å². The molecular formula is C13H18Br2O. The van der Waals surface area contributed by atoms with Crippen LogP contribution in [0.3, 0.4) is 0 Å². The first-order valence-corrected chi connectivity index (χ1v) is 7.45. The number of phenolic OH excluding ortho intramolecular Hbond substituents is 1. The van der Waals surface area contributed by atoms with E-state index in [1.807, 2.05) is 0 Å². The molecule has 1 N–H and O–H groups in total. The number of aryl methyl sites for hydroxylation is 1. The molecule has 0 aliphatic carbocycles. The molecule has 0 radical (unpaired) electrons. The zero-order valence-electron chi connectivity index (χ0n) is 9.93. The molecule has 1 rings (SSSR count). The van der Waals surface area contributed by atoms with Crippen LogP contribution in [0.4, 0.5) is 0 Å². The number of rotatable bonds is 4. The smallest absolute Gasteiger partial charge is 0.124 e. The van der Waals surface area contributed by atoms with Gasteiger partial charge in [-0.1, -0.05) is 63.4 Å². The fourth-order valence-electron chi connectivity index (χ4n) is 1.75. The number of aromatic hydroxyl groups is 1. The van der Waals surface area contributed by atoms with Crippen molar-refractivity contribution in [1.82, 2.24) is 0 Å². The minimum absolute atomic E-state index is 0.225. The van der Waals surface area contributed by atoms with Crippen molar-refractivity contribution in [1.29, 1.82) is 0 Å². The summed E-state index contributed by atoms with van der Waals surface area (Å²) in [5, 5.41) is 10.3. The van der Waals surface area contributed by atoms with Crippen LogP contribution in [0.25, 0.3) is 0 Å². The third kappa shape index (κ3) is 3.01. The minimum Gasteiger partial charge on any atom is -0.507 e. The number of halogens is 2. The molecule has 0 fully saturated rings. The quantitative estimate of drug-likeness (QED) is 0.722. The first kappa shape index (κ1) is 14.0. The monoisotopic (exact) mass is 348 g/mol. The maximum Gasteiger partial charge on any atom is 0.124 e. The lowest BCUT2D eigenvalue weighted by Crippen LogP contribution is -1.97. The Hall–Kier alpha value is -0.0200. The number of alkyl halides is 2. The second kappa shape index (κ2) is 6.06. The van der Waals surface area contributed by atoms with E-state index < -0.39 is 0 Å². The summed E-state index contributed by atoms with van der Waals surface area (Å²) >= 11 is 7.20. The molecule has 1 nitrogen and oxygen atoms in total. The molecule has 0 aromatic heterocycles. The molecule has 0 aliphatic heterocycles.